The maximum atomic E-state index is 7.42. The second-order valence-electron chi connectivity index (χ2n) is 14.0. The fraction of sp³-hybridized carbons (Fsp3) is 0.944. The molecule has 0 aromatic carbocycles. The van der Waals surface area contributed by atoms with Crippen LogP contribution >= 0.6 is 0 Å². The minimum absolute atomic E-state index is 0.144. The van der Waals surface area contributed by atoms with Crippen LogP contribution in [0.15, 0.2) is 12.7 Å². The largest absolute Gasteiger partial charge is 0.370 e. The van der Waals surface area contributed by atoms with Crippen LogP contribution in [0.1, 0.15) is 178 Å². The van der Waals surface area contributed by atoms with E-state index >= 15 is 0 Å². The molecule has 0 radical (unpaired) electrons. The number of ether oxygens (including phenoxy) is 1. The van der Waals surface area contributed by atoms with Gasteiger partial charge in [0.25, 0.3) is 0 Å². The van der Waals surface area contributed by atoms with Crippen LogP contribution in [-0.2, 0) is 4.74 Å². The second-order valence-corrected chi connectivity index (χ2v) is 14.0. The van der Waals surface area contributed by atoms with Gasteiger partial charge >= 0.3 is 0 Å². The highest BCUT2D eigenvalue weighted by atomic mass is 16.5. The predicted octanol–water partition coefficient (Wildman–Crippen LogP) is 11.8. The van der Waals surface area contributed by atoms with Crippen LogP contribution in [0.5, 0.6) is 0 Å². The molecule has 0 aliphatic carbocycles. The van der Waals surface area contributed by atoms with Gasteiger partial charge in [0.1, 0.15) is 0 Å². The molecule has 38 heavy (non-hydrogen) atoms. The van der Waals surface area contributed by atoms with E-state index in [4.69, 9.17) is 4.74 Å². The van der Waals surface area contributed by atoms with Gasteiger partial charge in [0.05, 0.1) is 17.2 Å². The summed E-state index contributed by atoms with van der Waals surface area (Å²) < 4.78 is 7.42. The summed E-state index contributed by atoms with van der Waals surface area (Å²) in [5.41, 5.74) is -0.108. The number of hydrogen-bond acceptors (Lipinski definition) is 2. The number of unbranched alkanes of at least 4 members (excludes halogenated alkanes) is 11. The van der Waals surface area contributed by atoms with Gasteiger partial charge in [0, 0.05) is 0 Å². The first-order valence-electron chi connectivity index (χ1n) is 17.0. The SMILES string of the molecule is C=CC(C)(C(CCCCCCCC)OC(C)(C)C(CCCCCCC)C(C)(C)C)N(CCCC)CCCC. The first-order chi connectivity index (χ1) is 17.9. The summed E-state index contributed by atoms with van der Waals surface area (Å²) in [5, 5.41) is 0. The summed E-state index contributed by atoms with van der Waals surface area (Å²) >= 11 is 0. The van der Waals surface area contributed by atoms with Crippen molar-refractivity contribution in [2.45, 2.75) is 196 Å². The van der Waals surface area contributed by atoms with Crippen molar-refractivity contribution in [3.05, 3.63) is 12.7 Å². The molecule has 0 saturated heterocycles. The molecular weight excluding hydrogens is 462 g/mol. The van der Waals surface area contributed by atoms with Gasteiger partial charge in [-0.15, -0.1) is 6.58 Å². The molecule has 228 valence electrons. The van der Waals surface area contributed by atoms with Gasteiger partial charge in [-0.25, -0.2) is 0 Å². The Labute approximate surface area is 242 Å². The second kappa shape index (κ2) is 20.5. The van der Waals surface area contributed by atoms with Crippen molar-refractivity contribution in [3.8, 4) is 0 Å². The van der Waals surface area contributed by atoms with Gasteiger partial charge in [-0.3, -0.25) is 4.90 Å². The van der Waals surface area contributed by atoms with Crippen molar-refractivity contribution < 1.29 is 4.74 Å². The summed E-state index contributed by atoms with van der Waals surface area (Å²) in [5.74, 6) is 0.525. The molecule has 3 atom stereocenters. The molecular formula is C36H73NO. The van der Waals surface area contributed by atoms with Crippen LogP contribution in [0.2, 0.25) is 0 Å². The van der Waals surface area contributed by atoms with E-state index in [0.29, 0.717) is 5.92 Å². The van der Waals surface area contributed by atoms with Crippen LogP contribution in [0.25, 0.3) is 0 Å². The van der Waals surface area contributed by atoms with Crippen molar-refractivity contribution in [2.75, 3.05) is 13.1 Å². The summed E-state index contributed by atoms with van der Waals surface area (Å²) in [6, 6.07) is 0. The average molecular weight is 536 g/mol. The van der Waals surface area contributed by atoms with Crippen molar-refractivity contribution in [1.29, 1.82) is 0 Å². The van der Waals surface area contributed by atoms with Gasteiger partial charge in [-0.1, -0.05) is 138 Å². The smallest absolute Gasteiger partial charge is 0.0799 e. The summed E-state index contributed by atoms with van der Waals surface area (Å²) in [4.78, 5) is 2.72. The molecule has 0 aliphatic rings. The maximum absolute atomic E-state index is 7.42. The molecule has 0 N–H and O–H groups in total. The third-order valence-corrected chi connectivity index (χ3v) is 9.06. The van der Waals surface area contributed by atoms with E-state index < -0.39 is 0 Å². The van der Waals surface area contributed by atoms with Crippen LogP contribution in [0.3, 0.4) is 0 Å². The Morgan fingerprint density at radius 1 is 0.605 bits per heavy atom. The van der Waals surface area contributed by atoms with E-state index in [-0.39, 0.29) is 22.7 Å². The first kappa shape index (κ1) is 37.7. The zero-order chi connectivity index (χ0) is 29.1. The molecule has 3 unspecified atom stereocenters. The minimum atomic E-state index is -0.179. The van der Waals surface area contributed by atoms with Crippen molar-refractivity contribution in [2.24, 2.45) is 11.3 Å². The number of hydrogen-bond donors (Lipinski definition) is 0. The molecule has 0 spiro atoms. The quantitative estimate of drug-likeness (QED) is 0.0851. The normalized spacial score (nSPS) is 16.0. The van der Waals surface area contributed by atoms with E-state index in [1.807, 2.05) is 0 Å². The molecule has 0 fully saturated rings. The van der Waals surface area contributed by atoms with Crippen molar-refractivity contribution >= 4 is 0 Å². The van der Waals surface area contributed by atoms with E-state index in [9.17, 15) is 0 Å². The monoisotopic (exact) mass is 536 g/mol. The molecule has 0 amide bonds. The Morgan fingerprint density at radius 2 is 1.03 bits per heavy atom. The third-order valence-electron chi connectivity index (χ3n) is 9.06. The zero-order valence-corrected chi connectivity index (χ0v) is 28.2. The van der Waals surface area contributed by atoms with Crippen LogP contribution < -0.4 is 0 Å². The van der Waals surface area contributed by atoms with Crippen LogP contribution in [-0.4, -0.2) is 35.2 Å². The molecule has 2 nitrogen and oxygen atoms in total. The van der Waals surface area contributed by atoms with Gasteiger partial charge in [0.2, 0.25) is 0 Å². The average Bonchev–Trinajstić information content (AvgIpc) is 2.86. The molecule has 2 heteroatoms. The Kier molecular flexibility index (Phi) is 20.3. The molecule has 0 saturated carbocycles. The highest BCUT2D eigenvalue weighted by Crippen LogP contribution is 2.43. The Bertz CT molecular complexity index is 554. The van der Waals surface area contributed by atoms with E-state index in [0.717, 1.165) is 19.5 Å². The Balaban J connectivity index is 5.97. The summed E-state index contributed by atoms with van der Waals surface area (Å²) in [6.07, 6.45) is 24.4. The lowest BCUT2D eigenvalue weighted by molar-refractivity contribution is -0.167. The highest BCUT2D eigenvalue weighted by molar-refractivity contribution is 5.08. The minimum Gasteiger partial charge on any atom is -0.370 e. The predicted molar refractivity (Wildman–Crippen MR) is 173 cm³/mol. The lowest BCUT2D eigenvalue weighted by atomic mass is 9.69. The maximum Gasteiger partial charge on any atom is 0.0799 e. The Hall–Kier alpha value is -0.340. The van der Waals surface area contributed by atoms with E-state index in [1.165, 1.54) is 103 Å². The molecule has 0 rings (SSSR count). The number of rotatable bonds is 25. The fourth-order valence-electron chi connectivity index (χ4n) is 6.56. The molecule has 0 bridgehead atoms. The third kappa shape index (κ3) is 14.3. The van der Waals surface area contributed by atoms with Gasteiger partial charge < -0.3 is 4.74 Å². The lowest BCUT2D eigenvalue weighted by Crippen LogP contribution is -2.58. The Morgan fingerprint density at radius 3 is 1.45 bits per heavy atom. The van der Waals surface area contributed by atoms with Crippen molar-refractivity contribution in [1.82, 2.24) is 4.90 Å². The molecule has 0 aromatic heterocycles. The number of nitrogens with zero attached hydrogens (tertiary/aromatic N) is 1. The standard InChI is InChI=1S/C36H73NO/c1-12-17-21-23-25-27-29-33(36(11,16-5)37(30-19-14-3)31-20-15-4)38-35(9,10)32(34(6,7)8)28-26-24-22-18-13-2/h16,32-33H,5,12-15,17-31H2,1-4,6-11H3. The molecule has 0 aliphatic heterocycles. The first-order valence-corrected chi connectivity index (χ1v) is 17.0. The highest BCUT2D eigenvalue weighted by Gasteiger charge is 2.45. The van der Waals surface area contributed by atoms with Crippen LogP contribution in [0.4, 0.5) is 0 Å². The van der Waals surface area contributed by atoms with Gasteiger partial charge in [-0.05, 0) is 70.9 Å². The topological polar surface area (TPSA) is 12.5 Å². The lowest BCUT2D eigenvalue weighted by Gasteiger charge is -2.50. The van der Waals surface area contributed by atoms with Gasteiger partial charge in [0.15, 0.2) is 0 Å². The summed E-state index contributed by atoms with van der Waals surface area (Å²) in [7, 11) is 0. The fourth-order valence-corrected chi connectivity index (χ4v) is 6.56. The molecule has 0 aromatic rings. The van der Waals surface area contributed by atoms with E-state index in [2.05, 4.69) is 86.8 Å². The van der Waals surface area contributed by atoms with Crippen molar-refractivity contribution in [3.63, 3.8) is 0 Å². The van der Waals surface area contributed by atoms with Crippen LogP contribution in [0, 0.1) is 11.3 Å². The zero-order valence-electron chi connectivity index (χ0n) is 28.2. The molecule has 0 heterocycles. The van der Waals surface area contributed by atoms with Gasteiger partial charge in [-0.2, -0.15) is 0 Å². The summed E-state index contributed by atoms with van der Waals surface area (Å²) in [6.45, 7) is 30.5. The van der Waals surface area contributed by atoms with E-state index in [1.54, 1.807) is 0 Å².